The normalized spacial score (nSPS) is 11.3. The summed E-state index contributed by atoms with van der Waals surface area (Å²) in [7, 11) is 0. The molecule has 0 atom stereocenters. The van der Waals surface area contributed by atoms with Gasteiger partial charge < -0.3 is 9.13 Å². The lowest BCUT2D eigenvalue weighted by Crippen LogP contribution is -2.04. The van der Waals surface area contributed by atoms with Crippen molar-refractivity contribution in [2.75, 3.05) is 6.67 Å². The van der Waals surface area contributed by atoms with Gasteiger partial charge in [-0.05, 0) is 29.8 Å². The Balaban J connectivity index is 1.78. The molecular formula is C18H14BrClFN5. The summed E-state index contributed by atoms with van der Waals surface area (Å²) in [5, 5.41) is 0.560. The molecule has 0 aliphatic heterocycles. The maximum Gasteiger partial charge on any atom is 0.142 e. The Bertz CT molecular complexity index is 1070. The fourth-order valence-corrected chi connectivity index (χ4v) is 3.45. The molecule has 0 aliphatic rings. The van der Waals surface area contributed by atoms with Crippen molar-refractivity contribution >= 4 is 38.6 Å². The number of nitrogens with zero attached hydrogens (tertiary/aromatic N) is 5. The van der Waals surface area contributed by atoms with Gasteiger partial charge in [0, 0.05) is 22.4 Å². The molecule has 3 heterocycles. The third kappa shape index (κ3) is 3.24. The quantitative estimate of drug-likeness (QED) is 0.456. The zero-order valence-corrected chi connectivity index (χ0v) is 16.0. The molecule has 4 rings (SSSR count). The number of alkyl halides is 1. The van der Waals surface area contributed by atoms with Gasteiger partial charge in [-0.3, -0.25) is 4.98 Å². The Morgan fingerprint density at radius 1 is 1.12 bits per heavy atom. The van der Waals surface area contributed by atoms with E-state index >= 15 is 0 Å². The molecular weight excluding hydrogens is 421 g/mol. The number of hydrogen-bond donors (Lipinski definition) is 0. The summed E-state index contributed by atoms with van der Waals surface area (Å²) < 4.78 is 17.8. The molecule has 0 saturated heterocycles. The third-order valence-electron chi connectivity index (χ3n) is 4.09. The van der Waals surface area contributed by atoms with Crippen molar-refractivity contribution in [2.24, 2.45) is 0 Å². The number of aromatic nitrogens is 5. The molecule has 0 amide bonds. The van der Waals surface area contributed by atoms with Crippen LogP contribution in [0.3, 0.4) is 0 Å². The summed E-state index contributed by atoms with van der Waals surface area (Å²) in [5.41, 5.74) is 3.50. The summed E-state index contributed by atoms with van der Waals surface area (Å²) in [6.07, 6.45) is 6.78. The summed E-state index contributed by atoms with van der Waals surface area (Å²) in [4.78, 5) is 13.0. The second-order valence-corrected chi connectivity index (χ2v) is 7.14. The molecule has 26 heavy (non-hydrogen) atoms. The number of benzene rings is 1. The standard InChI is InChI=1S/C18H14BrClFN5/c19-14-1-2-15-16(6-14)26(4-3-21)18(24-15)13-5-12(7-22-8-13)10-25-11-23-9-17(25)20/h1-2,5-9,11H,3-4,10H2. The monoisotopic (exact) mass is 433 g/mol. The molecule has 3 aromatic heterocycles. The highest BCUT2D eigenvalue weighted by atomic mass is 79.9. The summed E-state index contributed by atoms with van der Waals surface area (Å²) in [6, 6.07) is 7.78. The van der Waals surface area contributed by atoms with E-state index in [4.69, 9.17) is 11.6 Å². The number of aryl methyl sites for hydroxylation is 1. The van der Waals surface area contributed by atoms with Gasteiger partial charge >= 0.3 is 0 Å². The maximum absolute atomic E-state index is 13.2. The van der Waals surface area contributed by atoms with Gasteiger partial charge in [0.15, 0.2) is 0 Å². The Labute approximate surface area is 162 Å². The minimum atomic E-state index is -0.470. The van der Waals surface area contributed by atoms with Crippen LogP contribution in [0.5, 0.6) is 0 Å². The lowest BCUT2D eigenvalue weighted by Gasteiger charge is -2.09. The molecule has 0 fully saturated rings. The molecule has 1 aromatic carbocycles. The van der Waals surface area contributed by atoms with Crippen LogP contribution in [-0.2, 0) is 13.1 Å². The number of pyridine rings is 1. The molecule has 132 valence electrons. The van der Waals surface area contributed by atoms with Crippen molar-refractivity contribution in [1.82, 2.24) is 24.1 Å². The van der Waals surface area contributed by atoms with Gasteiger partial charge in [-0.2, -0.15) is 0 Å². The highest BCUT2D eigenvalue weighted by Crippen LogP contribution is 2.27. The summed E-state index contributed by atoms with van der Waals surface area (Å²) >= 11 is 9.57. The second-order valence-electron chi connectivity index (χ2n) is 5.84. The highest BCUT2D eigenvalue weighted by molar-refractivity contribution is 9.10. The van der Waals surface area contributed by atoms with E-state index in [9.17, 15) is 4.39 Å². The van der Waals surface area contributed by atoms with Crippen LogP contribution in [0.4, 0.5) is 4.39 Å². The van der Waals surface area contributed by atoms with Crippen molar-refractivity contribution in [3.8, 4) is 11.4 Å². The number of rotatable bonds is 5. The number of imidazole rings is 2. The SMILES string of the molecule is FCCn1c(-c2cncc(Cn3cncc3Cl)c2)nc2ccc(Br)cc21. The van der Waals surface area contributed by atoms with E-state index in [1.54, 1.807) is 24.9 Å². The van der Waals surface area contributed by atoms with E-state index in [2.05, 4.69) is 30.9 Å². The first-order chi connectivity index (χ1) is 12.7. The minimum Gasteiger partial charge on any atom is -0.321 e. The predicted octanol–water partition coefficient (Wildman–Crippen LogP) is 4.73. The van der Waals surface area contributed by atoms with Crippen LogP contribution in [0.25, 0.3) is 22.4 Å². The van der Waals surface area contributed by atoms with E-state index in [0.717, 1.165) is 26.6 Å². The van der Waals surface area contributed by atoms with Gasteiger partial charge in [-0.25, -0.2) is 14.4 Å². The molecule has 4 aromatic rings. The van der Waals surface area contributed by atoms with Crippen LogP contribution in [0.2, 0.25) is 5.15 Å². The van der Waals surface area contributed by atoms with Crippen LogP contribution in [0.15, 0.2) is 53.7 Å². The molecule has 0 bridgehead atoms. The average molecular weight is 435 g/mol. The first kappa shape index (κ1) is 17.2. The van der Waals surface area contributed by atoms with Crippen LogP contribution in [0, 0.1) is 0 Å². The van der Waals surface area contributed by atoms with Crippen LogP contribution in [0.1, 0.15) is 5.56 Å². The van der Waals surface area contributed by atoms with Gasteiger partial charge in [0.25, 0.3) is 0 Å². The molecule has 0 N–H and O–H groups in total. The Kier molecular flexibility index (Phi) is 4.74. The lowest BCUT2D eigenvalue weighted by molar-refractivity contribution is 0.451. The molecule has 0 saturated carbocycles. The van der Waals surface area contributed by atoms with Gasteiger partial charge in [-0.1, -0.05) is 27.5 Å². The largest absolute Gasteiger partial charge is 0.321 e. The molecule has 5 nitrogen and oxygen atoms in total. The first-order valence-electron chi connectivity index (χ1n) is 7.97. The van der Waals surface area contributed by atoms with Gasteiger partial charge in [0.05, 0.1) is 36.6 Å². The molecule has 0 spiro atoms. The van der Waals surface area contributed by atoms with Gasteiger partial charge in [0.1, 0.15) is 17.7 Å². The topological polar surface area (TPSA) is 48.5 Å². The number of fused-ring (bicyclic) bond motifs is 1. The Morgan fingerprint density at radius 2 is 2.00 bits per heavy atom. The van der Waals surface area contributed by atoms with Crippen molar-refractivity contribution in [3.63, 3.8) is 0 Å². The van der Waals surface area contributed by atoms with E-state index in [0.29, 0.717) is 17.5 Å². The van der Waals surface area contributed by atoms with Crippen molar-refractivity contribution in [3.05, 3.63) is 64.4 Å². The molecule has 8 heteroatoms. The van der Waals surface area contributed by atoms with E-state index in [1.165, 1.54) is 0 Å². The van der Waals surface area contributed by atoms with Crippen LogP contribution < -0.4 is 0 Å². The second kappa shape index (κ2) is 7.17. The van der Waals surface area contributed by atoms with Crippen molar-refractivity contribution in [1.29, 1.82) is 0 Å². The zero-order chi connectivity index (χ0) is 18.1. The zero-order valence-electron chi connectivity index (χ0n) is 13.6. The fraction of sp³-hybridized carbons (Fsp3) is 0.167. The summed E-state index contributed by atoms with van der Waals surface area (Å²) in [6.45, 7) is 0.317. The molecule has 0 radical (unpaired) electrons. The van der Waals surface area contributed by atoms with E-state index in [1.807, 2.05) is 33.4 Å². The molecule has 0 aliphatic carbocycles. The summed E-state index contributed by atoms with van der Waals surface area (Å²) in [5.74, 6) is 0.696. The fourth-order valence-electron chi connectivity index (χ4n) is 2.94. The van der Waals surface area contributed by atoms with Crippen molar-refractivity contribution < 1.29 is 4.39 Å². The first-order valence-corrected chi connectivity index (χ1v) is 9.14. The molecule has 0 unspecified atom stereocenters. The Hall–Kier alpha value is -2.25. The average Bonchev–Trinajstić information content (AvgIpc) is 3.20. The van der Waals surface area contributed by atoms with Gasteiger partial charge in [0.2, 0.25) is 0 Å². The third-order valence-corrected chi connectivity index (χ3v) is 4.89. The minimum absolute atomic E-state index is 0.236. The lowest BCUT2D eigenvalue weighted by atomic mass is 10.2. The Morgan fingerprint density at radius 3 is 2.77 bits per heavy atom. The van der Waals surface area contributed by atoms with Crippen LogP contribution >= 0.6 is 27.5 Å². The maximum atomic E-state index is 13.2. The number of halogens is 3. The van der Waals surface area contributed by atoms with E-state index < -0.39 is 6.67 Å². The predicted molar refractivity (Wildman–Crippen MR) is 103 cm³/mol. The van der Waals surface area contributed by atoms with Crippen LogP contribution in [-0.4, -0.2) is 30.8 Å². The van der Waals surface area contributed by atoms with E-state index in [-0.39, 0.29) is 6.54 Å². The van der Waals surface area contributed by atoms with Crippen molar-refractivity contribution in [2.45, 2.75) is 13.1 Å². The number of hydrogen-bond acceptors (Lipinski definition) is 3. The highest BCUT2D eigenvalue weighted by Gasteiger charge is 2.14. The smallest absolute Gasteiger partial charge is 0.142 e. The van der Waals surface area contributed by atoms with Gasteiger partial charge in [-0.15, -0.1) is 0 Å².